The maximum absolute atomic E-state index is 10.2. The zero-order valence-electron chi connectivity index (χ0n) is 14.1. The van der Waals surface area contributed by atoms with Crippen LogP contribution in [0.4, 0.5) is 0 Å². The Morgan fingerprint density at radius 1 is 1.00 bits per heavy atom. The Morgan fingerprint density at radius 3 is 1.68 bits per heavy atom. The largest absolute Gasteiger partial charge is 1.00 e. The van der Waals surface area contributed by atoms with E-state index in [0.29, 0.717) is 6.42 Å². The second kappa shape index (κ2) is 19.4. The number of carbonyl (C=O) groups is 1. The predicted molar refractivity (Wildman–Crippen MR) is 83.1 cm³/mol. The van der Waals surface area contributed by atoms with Crippen LogP contribution in [0.2, 0.25) is 0 Å². The predicted octanol–water partition coefficient (Wildman–Crippen LogP) is -0.514. The smallest absolute Gasteiger partial charge is 0.748 e. The van der Waals surface area contributed by atoms with Crippen molar-refractivity contribution < 1.29 is 52.4 Å². The Kier molecular flexibility index (Phi) is 24.0. The van der Waals surface area contributed by atoms with Crippen molar-refractivity contribution in [2.75, 3.05) is 12.3 Å². The molecule has 0 aliphatic heterocycles. The first-order valence-corrected chi connectivity index (χ1v) is 9.26. The third-order valence-corrected chi connectivity index (χ3v) is 3.60. The summed E-state index contributed by atoms with van der Waals surface area (Å²) in [5.74, 6) is -1.12. The Morgan fingerprint density at radius 2 is 1.41 bits per heavy atom. The molecule has 0 saturated carbocycles. The maximum Gasteiger partial charge on any atom is 1.00 e. The Bertz CT molecular complexity index is 336. The fourth-order valence-electron chi connectivity index (χ4n) is 1.73. The molecule has 0 rings (SSSR count). The Balaban J connectivity index is -0.000000385. The van der Waals surface area contributed by atoms with E-state index >= 15 is 0 Å². The molecular weight excluding hydrogens is 317 g/mol. The van der Waals surface area contributed by atoms with Gasteiger partial charge >= 0.3 is 35.5 Å². The van der Waals surface area contributed by atoms with Gasteiger partial charge in [-0.05, 0) is 6.42 Å². The number of aliphatic carboxylic acids is 1. The van der Waals surface area contributed by atoms with Gasteiger partial charge in [0.15, 0.2) is 0 Å². The van der Waals surface area contributed by atoms with Crippen molar-refractivity contribution in [3.63, 3.8) is 0 Å². The number of nitrogens with two attached hydrogens (primary N) is 1. The normalized spacial score (nSPS) is 10.3. The second-order valence-corrected chi connectivity index (χ2v) is 6.55. The van der Waals surface area contributed by atoms with Crippen molar-refractivity contribution >= 4 is 16.1 Å². The van der Waals surface area contributed by atoms with Gasteiger partial charge < -0.3 is 15.4 Å². The van der Waals surface area contributed by atoms with Crippen LogP contribution in [-0.2, 0) is 14.9 Å². The minimum Gasteiger partial charge on any atom is -0.748 e. The van der Waals surface area contributed by atoms with E-state index in [2.05, 4.69) is 6.92 Å². The standard InChI is InChI=1S/C12H24O2.C2H7NO3S.Na/c1-2-3-4-5-6-7-8-9-10-11-12(13)14;3-1-2-7(4,5)6;/h2-11H2,1H3,(H,13,14);1-3H2,(H,4,5,6);/q;;+1/p-1. The van der Waals surface area contributed by atoms with Gasteiger partial charge in [0.1, 0.15) is 0 Å². The van der Waals surface area contributed by atoms with Crippen LogP contribution in [-0.4, -0.2) is 36.3 Å². The molecule has 0 aromatic heterocycles. The third-order valence-electron chi connectivity index (χ3n) is 2.86. The molecule has 0 aliphatic carbocycles. The summed E-state index contributed by atoms with van der Waals surface area (Å²) < 4.78 is 28.8. The topological polar surface area (TPSA) is 121 Å². The van der Waals surface area contributed by atoms with Gasteiger partial charge in [-0.1, -0.05) is 58.3 Å². The SMILES string of the molecule is CCCCCCCCCCCC(=O)O.NCCS(=O)(=O)[O-].[Na+]. The summed E-state index contributed by atoms with van der Waals surface area (Å²) in [7, 11) is -4.05. The molecule has 0 unspecified atom stereocenters. The number of hydrogen-bond acceptors (Lipinski definition) is 5. The van der Waals surface area contributed by atoms with Gasteiger partial charge in [-0.2, -0.15) is 0 Å². The first-order valence-electron chi connectivity index (χ1n) is 7.69. The molecule has 0 atom stereocenters. The van der Waals surface area contributed by atoms with Crippen LogP contribution in [0.1, 0.15) is 71.1 Å². The van der Waals surface area contributed by atoms with Gasteiger partial charge in [0.2, 0.25) is 0 Å². The van der Waals surface area contributed by atoms with Crippen molar-refractivity contribution in [1.29, 1.82) is 0 Å². The zero-order valence-corrected chi connectivity index (χ0v) is 16.9. The monoisotopic (exact) mass is 347 g/mol. The summed E-state index contributed by atoms with van der Waals surface area (Å²) in [4.78, 5) is 10.2. The van der Waals surface area contributed by atoms with Crippen molar-refractivity contribution in [2.24, 2.45) is 5.73 Å². The van der Waals surface area contributed by atoms with Gasteiger partial charge in [0.25, 0.3) is 0 Å². The fraction of sp³-hybridized carbons (Fsp3) is 0.929. The van der Waals surface area contributed by atoms with Gasteiger partial charge in [0.05, 0.1) is 15.9 Å². The molecular formula is C14H30NNaO5S. The number of carboxylic acid groups (broad SMARTS) is 1. The molecule has 0 heterocycles. The average molecular weight is 347 g/mol. The number of rotatable bonds is 12. The Hall–Kier alpha value is 0.340. The molecule has 0 aromatic carbocycles. The maximum atomic E-state index is 10.2. The number of hydrogen-bond donors (Lipinski definition) is 2. The fourth-order valence-corrected chi connectivity index (χ4v) is 2.02. The van der Waals surface area contributed by atoms with Crippen LogP contribution in [0.25, 0.3) is 0 Å². The van der Waals surface area contributed by atoms with Gasteiger partial charge in [-0.3, -0.25) is 4.79 Å². The molecule has 0 radical (unpaired) electrons. The van der Waals surface area contributed by atoms with E-state index in [4.69, 9.17) is 10.8 Å². The summed E-state index contributed by atoms with van der Waals surface area (Å²) >= 11 is 0. The first kappa shape index (κ1) is 27.2. The molecule has 0 fully saturated rings. The molecule has 0 spiro atoms. The van der Waals surface area contributed by atoms with Gasteiger partial charge in [-0.25, -0.2) is 8.42 Å². The summed E-state index contributed by atoms with van der Waals surface area (Å²) in [6.45, 7) is 2.14. The van der Waals surface area contributed by atoms with E-state index < -0.39 is 21.8 Å². The van der Waals surface area contributed by atoms with E-state index in [-0.39, 0.29) is 36.1 Å². The molecule has 8 heteroatoms. The molecule has 0 bridgehead atoms. The third kappa shape index (κ3) is 32.3. The molecule has 0 aromatic rings. The molecule has 128 valence electrons. The summed E-state index contributed by atoms with van der Waals surface area (Å²) in [5.41, 5.74) is 4.74. The van der Waals surface area contributed by atoms with Gasteiger partial charge in [0, 0.05) is 13.0 Å². The van der Waals surface area contributed by atoms with E-state index in [1.807, 2.05) is 0 Å². The quantitative estimate of drug-likeness (QED) is 0.279. The van der Waals surface area contributed by atoms with Crippen LogP contribution in [0.5, 0.6) is 0 Å². The van der Waals surface area contributed by atoms with Gasteiger partial charge in [-0.15, -0.1) is 0 Å². The minimum absolute atomic E-state index is 0. The molecule has 6 nitrogen and oxygen atoms in total. The van der Waals surface area contributed by atoms with E-state index in [1.165, 1.54) is 44.9 Å². The number of unbranched alkanes of at least 4 members (excludes halogenated alkanes) is 8. The second-order valence-electron chi connectivity index (χ2n) is 5.02. The zero-order chi connectivity index (χ0) is 16.6. The summed E-state index contributed by atoms with van der Waals surface area (Å²) in [5, 5.41) is 8.41. The van der Waals surface area contributed by atoms with E-state index in [0.717, 1.165) is 12.8 Å². The Labute approximate surface area is 157 Å². The van der Waals surface area contributed by atoms with Crippen LogP contribution in [0.15, 0.2) is 0 Å². The van der Waals surface area contributed by atoms with Crippen molar-refractivity contribution in [3.05, 3.63) is 0 Å². The molecule has 22 heavy (non-hydrogen) atoms. The number of carboxylic acids is 1. The first-order chi connectivity index (χ1) is 9.83. The van der Waals surface area contributed by atoms with Crippen LogP contribution in [0.3, 0.4) is 0 Å². The van der Waals surface area contributed by atoms with Crippen molar-refractivity contribution in [3.8, 4) is 0 Å². The van der Waals surface area contributed by atoms with Crippen LogP contribution >= 0.6 is 0 Å². The van der Waals surface area contributed by atoms with E-state index in [1.54, 1.807) is 0 Å². The summed E-state index contributed by atoms with van der Waals surface area (Å²) in [6, 6.07) is 0. The minimum atomic E-state index is -4.05. The molecule has 0 aliphatic rings. The van der Waals surface area contributed by atoms with E-state index in [9.17, 15) is 17.8 Å². The van der Waals surface area contributed by atoms with Crippen molar-refractivity contribution in [2.45, 2.75) is 71.1 Å². The summed E-state index contributed by atoms with van der Waals surface area (Å²) in [6.07, 6.45) is 11.5. The van der Waals surface area contributed by atoms with Crippen LogP contribution in [0, 0.1) is 0 Å². The molecule has 0 saturated heterocycles. The van der Waals surface area contributed by atoms with Crippen molar-refractivity contribution in [1.82, 2.24) is 0 Å². The molecule has 0 amide bonds. The van der Waals surface area contributed by atoms with Crippen LogP contribution < -0.4 is 35.3 Å². The average Bonchev–Trinajstić information content (AvgIpc) is 2.36. The molecule has 3 N–H and O–H groups in total.